The molecule has 0 atom stereocenters. The molecule has 0 unspecified atom stereocenters. The average Bonchev–Trinajstić information content (AvgIpc) is 3.05. The molecule has 9 heteroatoms. The lowest BCUT2D eigenvalue weighted by molar-refractivity contribution is 0.297. The van der Waals surface area contributed by atoms with Gasteiger partial charge in [0, 0.05) is 24.7 Å². The number of anilines is 1. The van der Waals surface area contributed by atoms with E-state index in [1.807, 2.05) is 30.3 Å². The van der Waals surface area contributed by atoms with Crippen molar-refractivity contribution in [1.82, 2.24) is 5.32 Å². The molecular formula is C23H32IN3O5. The Balaban J connectivity index is 0.00000363. The zero-order valence-corrected chi connectivity index (χ0v) is 21.4. The number of hydrogen-bond donors (Lipinski definition) is 2. The van der Waals surface area contributed by atoms with Crippen molar-refractivity contribution in [2.75, 3.05) is 46.4 Å². The third-order valence-corrected chi connectivity index (χ3v) is 4.70. The van der Waals surface area contributed by atoms with Gasteiger partial charge in [0.1, 0.15) is 0 Å². The molecule has 3 rings (SSSR count). The summed E-state index contributed by atoms with van der Waals surface area (Å²) in [6, 6.07) is 9.60. The van der Waals surface area contributed by atoms with Gasteiger partial charge in [-0.05, 0) is 36.2 Å². The molecule has 0 amide bonds. The Morgan fingerprint density at radius 3 is 2.28 bits per heavy atom. The minimum Gasteiger partial charge on any atom is -0.493 e. The molecule has 0 bridgehead atoms. The first-order valence-corrected chi connectivity index (χ1v) is 10.4. The number of aliphatic imine (C=N–C) groups is 1. The number of nitrogens with one attached hydrogen (secondary N) is 2. The summed E-state index contributed by atoms with van der Waals surface area (Å²) in [6.45, 7) is 4.65. The fourth-order valence-electron chi connectivity index (χ4n) is 3.16. The molecular weight excluding hydrogens is 525 g/mol. The van der Waals surface area contributed by atoms with Crippen molar-refractivity contribution in [2.45, 2.75) is 26.3 Å². The molecule has 2 N–H and O–H groups in total. The first-order valence-electron chi connectivity index (χ1n) is 10.4. The Morgan fingerprint density at radius 2 is 1.66 bits per heavy atom. The highest BCUT2D eigenvalue weighted by atomic mass is 127. The summed E-state index contributed by atoms with van der Waals surface area (Å²) in [4.78, 5) is 4.73. The zero-order chi connectivity index (χ0) is 22.1. The summed E-state index contributed by atoms with van der Waals surface area (Å²) in [6.07, 6.45) is 1.85. The molecule has 0 radical (unpaired) electrons. The Hall–Kier alpha value is -2.56. The van der Waals surface area contributed by atoms with Gasteiger partial charge in [0.25, 0.3) is 0 Å². The second-order valence-electron chi connectivity index (χ2n) is 6.96. The number of hydrogen-bond acceptors (Lipinski definition) is 6. The predicted molar refractivity (Wildman–Crippen MR) is 137 cm³/mol. The van der Waals surface area contributed by atoms with Crippen LogP contribution in [0.1, 0.15) is 25.3 Å². The number of rotatable bonds is 8. The third kappa shape index (κ3) is 6.72. The van der Waals surface area contributed by atoms with Crippen LogP contribution in [0.3, 0.4) is 0 Å². The van der Waals surface area contributed by atoms with Crippen molar-refractivity contribution >= 4 is 35.6 Å². The van der Waals surface area contributed by atoms with E-state index in [2.05, 4.69) is 17.6 Å². The third-order valence-electron chi connectivity index (χ3n) is 4.70. The maximum Gasteiger partial charge on any atom is 0.203 e. The van der Waals surface area contributed by atoms with Crippen LogP contribution in [0, 0.1) is 0 Å². The molecule has 2 aromatic carbocycles. The molecule has 0 fully saturated rings. The first-order chi connectivity index (χ1) is 15.2. The molecule has 0 aliphatic carbocycles. The summed E-state index contributed by atoms with van der Waals surface area (Å²) >= 11 is 0. The van der Waals surface area contributed by atoms with Crippen molar-refractivity contribution in [2.24, 2.45) is 4.99 Å². The highest BCUT2D eigenvalue weighted by Gasteiger charge is 2.14. The van der Waals surface area contributed by atoms with Crippen LogP contribution in [0.25, 0.3) is 0 Å². The van der Waals surface area contributed by atoms with Gasteiger partial charge in [0.15, 0.2) is 29.0 Å². The van der Waals surface area contributed by atoms with Gasteiger partial charge in [-0.1, -0.05) is 6.92 Å². The summed E-state index contributed by atoms with van der Waals surface area (Å²) < 4.78 is 27.8. The number of halogens is 1. The standard InChI is InChI=1S/C23H31N3O5.HI/c1-5-9-24-23(26-17-7-8-18-19(14-17)31-11-6-10-30-18)25-15-16-12-20(27-2)22(29-4)21(13-16)28-3;/h7-8,12-14H,5-6,9-11,15H2,1-4H3,(H2,24,25,26);1H. The number of methoxy groups -OCH3 is 3. The van der Waals surface area contributed by atoms with Crippen molar-refractivity contribution in [3.05, 3.63) is 35.9 Å². The predicted octanol–water partition coefficient (Wildman–Crippen LogP) is 4.46. The lowest BCUT2D eigenvalue weighted by Crippen LogP contribution is -2.31. The molecule has 0 saturated heterocycles. The minimum atomic E-state index is 0. The summed E-state index contributed by atoms with van der Waals surface area (Å²) in [5.74, 6) is 3.94. The SMILES string of the molecule is CCCNC(=NCc1cc(OC)c(OC)c(OC)c1)Nc1ccc2c(c1)OCCCO2.I. The lowest BCUT2D eigenvalue weighted by Gasteiger charge is -2.15. The van der Waals surface area contributed by atoms with Crippen molar-refractivity contribution in [3.8, 4) is 28.7 Å². The van der Waals surface area contributed by atoms with Crippen LogP contribution in [-0.2, 0) is 6.54 Å². The summed E-state index contributed by atoms with van der Waals surface area (Å²) in [5, 5.41) is 6.69. The highest BCUT2D eigenvalue weighted by molar-refractivity contribution is 14.0. The Bertz CT molecular complexity index is 882. The quantitative estimate of drug-likeness (QED) is 0.282. The van der Waals surface area contributed by atoms with Crippen LogP contribution in [0.2, 0.25) is 0 Å². The fourth-order valence-corrected chi connectivity index (χ4v) is 3.16. The van der Waals surface area contributed by atoms with Crippen molar-refractivity contribution in [3.63, 3.8) is 0 Å². The van der Waals surface area contributed by atoms with Crippen LogP contribution in [-0.4, -0.2) is 47.0 Å². The summed E-state index contributed by atoms with van der Waals surface area (Å²) in [7, 11) is 4.79. The van der Waals surface area contributed by atoms with E-state index in [0.29, 0.717) is 43.0 Å². The van der Waals surface area contributed by atoms with E-state index < -0.39 is 0 Å². The van der Waals surface area contributed by atoms with Gasteiger partial charge in [-0.25, -0.2) is 4.99 Å². The lowest BCUT2D eigenvalue weighted by atomic mass is 10.2. The maximum absolute atomic E-state index is 5.79. The van der Waals surface area contributed by atoms with Gasteiger partial charge in [-0.15, -0.1) is 24.0 Å². The summed E-state index contributed by atoms with van der Waals surface area (Å²) in [5.41, 5.74) is 1.81. The van der Waals surface area contributed by atoms with E-state index in [-0.39, 0.29) is 24.0 Å². The van der Waals surface area contributed by atoms with Gasteiger partial charge in [0.2, 0.25) is 5.75 Å². The van der Waals surface area contributed by atoms with Gasteiger partial charge in [-0.2, -0.15) is 0 Å². The molecule has 32 heavy (non-hydrogen) atoms. The molecule has 1 aliphatic heterocycles. The van der Waals surface area contributed by atoms with E-state index >= 15 is 0 Å². The average molecular weight is 557 g/mol. The smallest absolute Gasteiger partial charge is 0.203 e. The Morgan fingerprint density at radius 1 is 0.969 bits per heavy atom. The van der Waals surface area contributed by atoms with E-state index in [1.165, 1.54) is 0 Å². The molecule has 8 nitrogen and oxygen atoms in total. The number of benzene rings is 2. The molecule has 1 aliphatic rings. The van der Waals surface area contributed by atoms with Crippen molar-refractivity contribution < 1.29 is 23.7 Å². The fraction of sp³-hybridized carbons (Fsp3) is 0.435. The van der Waals surface area contributed by atoms with Gasteiger partial charge in [0.05, 0.1) is 41.1 Å². The maximum atomic E-state index is 5.79. The number of fused-ring (bicyclic) bond motifs is 1. The monoisotopic (exact) mass is 557 g/mol. The van der Waals surface area contributed by atoms with E-state index in [4.69, 9.17) is 28.7 Å². The van der Waals surface area contributed by atoms with Crippen LogP contribution in [0.5, 0.6) is 28.7 Å². The first kappa shape index (κ1) is 25.7. The van der Waals surface area contributed by atoms with Gasteiger partial charge < -0.3 is 34.3 Å². The molecule has 176 valence electrons. The number of ether oxygens (including phenoxy) is 5. The van der Waals surface area contributed by atoms with E-state index in [1.54, 1.807) is 21.3 Å². The minimum absolute atomic E-state index is 0. The second-order valence-corrected chi connectivity index (χ2v) is 6.96. The molecule has 0 aromatic heterocycles. The van der Waals surface area contributed by atoms with E-state index in [0.717, 1.165) is 42.1 Å². The second kappa shape index (κ2) is 13.1. The molecule has 0 saturated carbocycles. The largest absolute Gasteiger partial charge is 0.493 e. The van der Waals surface area contributed by atoms with Crippen LogP contribution >= 0.6 is 24.0 Å². The normalized spacial score (nSPS) is 12.8. The van der Waals surface area contributed by atoms with E-state index in [9.17, 15) is 0 Å². The Labute approximate surface area is 206 Å². The molecule has 2 aromatic rings. The van der Waals surface area contributed by atoms with Gasteiger partial charge in [-0.3, -0.25) is 0 Å². The number of guanidine groups is 1. The molecule has 1 heterocycles. The van der Waals surface area contributed by atoms with Crippen LogP contribution < -0.4 is 34.3 Å². The topological polar surface area (TPSA) is 82.6 Å². The van der Waals surface area contributed by atoms with Crippen molar-refractivity contribution in [1.29, 1.82) is 0 Å². The Kier molecular flexibility index (Phi) is 10.5. The van der Waals surface area contributed by atoms with Gasteiger partial charge >= 0.3 is 0 Å². The molecule has 0 spiro atoms. The highest BCUT2D eigenvalue weighted by Crippen LogP contribution is 2.38. The number of nitrogens with zero attached hydrogens (tertiary/aromatic N) is 1. The zero-order valence-electron chi connectivity index (χ0n) is 19.0. The van der Waals surface area contributed by atoms with Crippen LogP contribution in [0.4, 0.5) is 5.69 Å². The van der Waals surface area contributed by atoms with Crippen LogP contribution in [0.15, 0.2) is 35.3 Å².